The molecule has 0 saturated heterocycles. The van der Waals surface area contributed by atoms with Crippen LogP contribution in [0.2, 0.25) is 0 Å². The van der Waals surface area contributed by atoms with Crippen molar-refractivity contribution in [2.45, 2.75) is 13.5 Å². The van der Waals surface area contributed by atoms with Crippen molar-refractivity contribution in [2.75, 3.05) is 0 Å². The molecule has 100 valence electrons. The quantitative estimate of drug-likeness (QED) is 0.759. The molecule has 1 heterocycles. The minimum absolute atomic E-state index is 0.555. The molecule has 0 saturated carbocycles. The van der Waals surface area contributed by atoms with Crippen LogP contribution < -0.4 is 5.73 Å². The Bertz CT molecular complexity index is 714. The van der Waals surface area contributed by atoms with Crippen LogP contribution in [0.15, 0.2) is 54.7 Å². The van der Waals surface area contributed by atoms with Gasteiger partial charge in [-0.05, 0) is 29.7 Å². The fraction of sp³-hybridized carbons (Fsp3) is 0.118. The summed E-state index contributed by atoms with van der Waals surface area (Å²) in [6.45, 7) is 2.63. The maximum atomic E-state index is 5.77. The van der Waals surface area contributed by atoms with Crippen molar-refractivity contribution in [1.29, 1.82) is 0 Å². The summed E-state index contributed by atoms with van der Waals surface area (Å²) in [5.74, 6) is 0.885. The van der Waals surface area contributed by atoms with E-state index in [1.54, 1.807) is 0 Å². The zero-order valence-electron chi connectivity index (χ0n) is 11.4. The molecule has 3 rings (SSSR count). The van der Waals surface area contributed by atoms with Gasteiger partial charge in [0.1, 0.15) is 5.82 Å². The highest BCUT2D eigenvalue weighted by atomic mass is 14.9. The first-order chi connectivity index (χ1) is 9.78. The van der Waals surface area contributed by atoms with Crippen LogP contribution in [0, 0.1) is 6.92 Å². The van der Waals surface area contributed by atoms with Gasteiger partial charge in [0.05, 0.1) is 11.9 Å². The molecule has 0 aliphatic carbocycles. The van der Waals surface area contributed by atoms with Crippen molar-refractivity contribution in [3.63, 3.8) is 0 Å². The minimum atomic E-state index is 0.555. The summed E-state index contributed by atoms with van der Waals surface area (Å²) < 4.78 is 0. The monoisotopic (exact) mass is 263 g/mol. The lowest BCUT2D eigenvalue weighted by molar-refractivity contribution is 1.05. The predicted octanol–water partition coefficient (Wildman–Crippen LogP) is 3.51. The molecule has 3 heteroatoms. The van der Waals surface area contributed by atoms with E-state index < -0.39 is 0 Å². The first-order valence-corrected chi connectivity index (χ1v) is 6.68. The van der Waals surface area contributed by atoms with Gasteiger partial charge in [0.25, 0.3) is 0 Å². The number of hydrogen-bond donors (Lipinski definition) is 2. The van der Waals surface area contributed by atoms with E-state index in [-0.39, 0.29) is 0 Å². The number of hydrogen-bond acceptors (Lipinski definition) is 2. The van der Waals surface area contributed by atoms with Crippen LogP contribution in [-0.4, -0.2) is 9.97 Å². The van der Waals surface area contributed by atoms with Gasteiger partial charge in [-0.15, -0.1) is 0 Å². The summed E-state index contributed by atoms with van der Waals surface area (Å²) in [5, 5.41) is 0. The van der Waals surface area contributed by atoms with Gasteiger partial charge in [0, 0.05) is 12.1 Å². The van der Waals surface area contributed by atoms with E-state index in [4.69, 9.17) is 5.73 Å². The highest BCUT2D eigenvalue weighted by molar-refractivity contribution is 5.65. The standard InChI is InChI=1S/C17H17N3/c1-12-7-8-14(9-15(12)10-18)16-11-19-17(20-16)13-5-3-2-4-6-13/h2-9,11H,10,18H2,1H3,(H,19,20). The van der Waals surface area contributed by atoms with E-state index in [0.717, 1.165) is 22.6 Å². The molecule has 3 nitrogen and oxygen atoms in total. The Labute approximate surface area is 118 Å². The molecule has 0 spiro atoms. The molecule has 2 aromatic carbocycles. The third-order valence-corrected chi connectivity index (χ3v) is 3.50. The minimum Gasteiger partial charge on any atom is -0.338 e. The van der Waals surface area contributed by atoms with Crippen molar-refractivity contribution in [1.82, 2.24) is 9.97 Å². The molecule has 0 unspecified atom stereocenters. The first kappa shape index (κ1) is 12.6. The summed E-state index contributed by atoms with van der Waals surface area (Å²) in [7, 11) is 0. The van der Waals surface area contributed by atoms with E-state index in [9.17, 15) is 0 Å². The predicted molar refractivity (Wildman–Crippen MR) is 82.1 cm³/mol. The molecular weight excluding hydrogens is 246 g/mol. The van der Waals surface area contributed by atoms with Crippen LogP contribution in [-0.2, 0) is 6.54 Å². The van der Waals surface area contributed by atoms with Crippen molar-refractivity contribution in [3.8, 4) is 22.6 Å². The molecule has 0 atom stereocenters. The van der Waals surface area contributed by atoms with E-state index in [1.165, 1.54) is 11.1 Å². The van der Waals surface area contributed by atoms with E-state index >= 15 is 0 Å². The van der Waals surface area contributed by atoms with Crippen LogP contribution in [0.3, 0.4) is 0 Å². The lowest BCUT2D eigenvalue weighted by Gasteiger charge is -2.05. The average Bonchev–Trinajstić information content (AvgIpc) is 2.98. The Morgan fingerprint density at radius 2 is 1.85 bits per heavy atom. The molecule has 0 radical (unpaired) electrons. The first-order valence-electron chi connectivity index (χ1n) is 6.68. The summed E-state index contributed by atoms with van der Waals surface area (Å²) in [6.07, 6.45) is 1.87. The molecule has 0 fully saturated rings. The summed E-state index contributed by atoms with van der Waals surface area (Å²) in [4.78, 5) is 7.82. The maximum absolute atomic E-state index is 5.77. The normalized spacial score (nSPS) is 10.7. The highest BCUT2D eigenvalue weighted by Crippen LogP contribution is 2.23. The Kier molecular flexibility index (Phi) is 3.35. The van der Waals surface area contributed by atoms with Crippen LogP contribution in [0.1, 0.15) is 11.1 Å². The third-order valence-electron chi connectivity index (χ3n) is 3.50. The fourth-order valence-corrected chi connectivity index (χ4v) is 2.27. The van der Waals surface area contributed by atoms with Gasteiger partial charge in [-0.2, -0.15) is 0 Å². The van der Waals surface area contributed by atoms with Crippen LogP contribution in [0.4, 0.5) is 0 Å². The van der Waals surface area contributed by atoms with Crippen molar-refractivity contribution >= 4 is 0 Å². The SMILES string of the molecule is Cc1ccc(-c2cnc(-c3ccccc3)[nH]2)cc1CN. The molecular formula is C17H17N3. The molecule has 3 aromatic rings. The molecule has 3 N–H and O–H groups in total. The number of nitrogens with zero attached hydrogens (tertiary/aromatic N) is 1. The Morgan fingerprint density at radius 1 is 1.05 bits per heavy atom. The summed E-state index contributed by atoms with van der Waals surface area (Å²) >= 11 is 0. The number of aromatic nitrogens is 2. The zero-order chi connectivity index (χ0) is 13.9. The number of aromatic amines is 1. The van der Waals surface area contributed by atoms with Crippen LogP contribution in [0.5, 0.6) is 0 Å². The number of aryl methyl sites for hydroxylation is 1. The molecule has 1 aromatic heterocycles. The van der Waals surface area contributed by atoms with Gasteiger partial charge in [0.2, 0.25) is 0 Å². The smallest absolute Gasteiger partial charge is 0.137 e. The van der Waals surface area contributed by atoms with E-state index in [0.29, 0.717) is 6.54 Å². The maximum Gasteiger partial charge on any atom is 0.137 e. The van der Waals surface area contributed by atoms with Crippen LogP contribution in [0.25, 0.3) is 22.6 Å². The number of H-pyrrole nitrogens is 1. The van der Waals surface area contributed by atoms with Gasteiger partial charge >= 0.3 is 0 Å². The topological polar surface area (TPSA) is 54.7 Å². The number of rotatable bonds is 3. The van der Waals surface area contributed by atoms with Gasteiger partial charge in [0.15, 0.2) is 0 Å². The molecule has 0 bridgehead atoms. The van der Waals surface area contributed by atoms with Crippen molar-refractivity contribution < 1.29 is 0 Å². The number of benzene rings is 2. The summed E-state index contributed by atoms with van der Waals surface area (Å²) in [6, 6.07) is 16.4. The largest absolute Gasteiger partial charge is 0.338 e. The Morgan fingerprint density at radius 3 is 2.60 bits per heavy atom. The summed E-state index contributed by atoms with van der Waals surface area (Å²) in [5.41, 5.74) is 11.4. The molecule has 0 amide bonds. The lowest BCUT2D eigenvalue weighted by atomic mass is 10.0. The average molecular weight is 263 g/mol. The van der Waals surface area contributed by atoms with Gasteiger partial charge in [-0.3, -0.25) is 0 Å². The number of imidazole rings is 1. The second kappa shape index (κ2) is 5.31. The van der Waals surface area contributed by atoms with Crippen LogP contribution >= 0.6 is 0 Å². The Balaban J connectivity index is 1.98. The van der Waals surface area contributed by atoms with Gasteiger partial charge in [-0.25, -0.2) is 4.98 Å². The number of nitrogens with two attached hydrogens (primary N) is 1. The zero-order valence-corrected chi connectivity index (χ0v) is 11.4. The molecule has 0 aliphatic heterocycles. The lowest BCUT2D eigenvalue weighted by Crippen LogP contribution is -1.99. The molecule has 0 aliphatic rings. The molecule has 20 heavy (non-hydrogen) atoms. The Hall–Kier alpha value is -2.39. The highest BCUT2D eigenvalue weighted by Gasteiger charge is 2.06. The van der Waals surface area contributed by atoms with E-state index in [2.05, 4.69) is 35.1 Å². The van der Waals surface area contributed by atoms with Crippen molar-refractivity contribution in [2.24, 2.45) is 5.73 Å². The third kappa shape index (κ3) is 2.36. The number of nitrogens with one attached hydrogen (secondary N) is 1. The second-order valence-corrected chi connectivity index (χ2v) is 4.86. The van der Waals surface area contributed by atoms with E-state index in [1.807, 2.05) is 36.5 Å². The van der Waals surface area contributed by atoms with Gasteiger partial charge in [-0.1, -0.05) is 42.5 Å². The van der Waals surface area contributed by atoms with Gasteiger partial charge < -0.3 is 10.7 Å². The van der Waals surface area contributed by atoms with Crippen molar-refractivity contribution in [3.05, 3.63) is 65.9 Å². The fourth-order valence-electron chi connectivity index (χ4n) is 2.27. The second-order valence-electron chi connectivity index (χ2n) is 4.86.